The highest BCUT2D eigenvalue weighted by Gasteiger charge is 2.12. The molecule has 1 atom stereocenters. The number of ether oxygens (including phenoxy) is 2. The van der Waals surface area contributed by atoms with Gasteiger partial charge in [0, 0.05) is 13.2 Å². The second-order valence-corrected chi connectivity index (χ2v) is 5.33. The van der Waals surface area contributed by atoms with E-state index in [1.54, 1.807) is 7.11 Å². The maximum Gasteiger partial charge on any atom is 0.137 e. The number of hydrogen-bond donors (Lipinski definition) is 1. The molecular formula is C15H22ClNO2. The van der Waals surface area contributed by atoms with Crippen molar-refractivity contribution in [1.82, 2.24) is 5.32 Å². The fourth-order valence-electron chi connectivity index (χ4n) is 2.35. The average molecular weight is 284 g/mol. The molecule has 0 radical (unpaired) electrons. The number of benzene rings is 1. The number of hydrogen-bond acceptors (Lipinski definition) is 3. The molecule has 1 N–H and O–H groups in total. The Morgan fingerprint density at radius 1 is 1.42 bits per heavy atom. The lowest BCUT2D eigenvalue weighted by Gasteiger charge is -2.22. The van der Waals surface area contributed by atoms with Gasteiger partial charge >= 0.3 is 0 Å². The predicted octanol–water partition coefficient (Wildman–Crippen LogP) is 3.40. The lowest BCUT2D eigenvalue weighted by molar-refractivity contribution is 0.0115. The van der Waals surface area contributed by atoms with Gasteiger partial charge in [-0.25, -0.2) is 0 Å². The van der Waals surface area contributed by atoms with Crippen molar-refractivity contribution in [3.05, 3.63) is 28.8 Å². The summed E-state index contributed by atoms with van der Waals surface area (Å²) in [6.45, 7) is 2.74. The molecule has 19 heavy (non-hydrogen) atoms. The maximum atomic E-state index is 6.09. The molecule has 1 fully saturated rings. The molecular weight excluding hydrogens is 262 g/mol. The Morgan fingerprint density at radius 3 is 3.00 bits per heavy atom. The van der Waals surface area contributed by atoms with Gasteiger partial charge in [-0.2, -0.15) is 0 Å². The third kappa shape index (κ3) is 4.68. The average Bonchev–Trinajstić information content (AvgIpc) is 2.45. The van der Waals surface area contributed by atoms with Crippen LogP contribution in [0.5, 0.6) is 5.75 Å². The minimum Gasteiger partial charge on any atom is -0.495 e. The van der Waals surface area contributed by atoms with Gasteiger partial charge in [0.05, 0.1) is 18.2 Å². The Labute approximate surface area is 120 Å². The molecule has 1 aromatic carbocycles. The molecule has 1 aliphatic heterocycles. The fraction of sp³-hybridized carbons (Fsp3) is 0.600. The Hall–Kier alpha value is -0.770. The van der Waals surface area contributed by atoms with Gasteiger partial charge in [-0.3, -0.25) is 0 Å². The third-order valence-corrected chi connectivity index (χ3v) is 3.76. The smallest absolute Gasteiger partial charge is 0.137 e. The van der Waals surface area contributed by atoms with Crippen LogP contribution in [0.25, 0.3) is 0 Å². The monoisotopic (exact) mass is 283 g/mol. The van der Waals surface area contributed by atoms with Crippen LogP contribution in [0.1, 0.15) is 31.2 Å². The Balaban J connectivity index is 1.69. The lowest BCUT2D eigenvalue weighted by Crippen LogP contribution is -2.25. The maximum absolute atomic E-state index is 6.09. The van der Waals surface area contributed by atoms with Gasteiger partial charge < -0.3 is 14.8 Å². The summed E-state index contributed by atoms with van der Waals surface area (Å²) < 4.78 is 10.8. The van der Waals surface area contributed by atoms with E-state index in [2.05, 4.69) is 5.32 Å². The van der Waals surface area contributed by atoms with Crippen molar-refractivity contribution >= 4 is 11.6 Å². The summed E-state index contributed by atoms with van der Waals surface area (Å²) in [5.41, 5.74) is 1.18. The molecule has 4 heteroatoms. The number of rotatable bonds is 6. The Bertz CT molecular complexity index is 392. The largest absolute Gasteiger partial charge is 0.495 e. The zero-order chi connectivity index (χ0) is 13.5. The van der Waals surface area contributed by atoms with Gasteiger partial charge in [0.2, 0.25) is 0 Å². The van der Waals surface area contributed by atoms with E-state index in [4.69, 9.17) is 21.1 Å². The van der Waals surface area contributed by atoms with Crippen molar-refractivity contribution in [2.45, 2.75) is 38.3 Å². The molecule has 0 bridgehead atoms. The van der Waals surface area contributed by atoms with Crippen LogP contribution in [0.3, 0.4) is 0 Å². The van der Waals surface area contributed by atoms with Crippen molar-refractivity contribution in [2.75, 3.05) is 20.3 Å². The van der Waals surface area contributed by atoms with Gasteiger partial charge in [-0.05, 0) is 49.9 Å². The van der Waals surface area contributed by atoms with Crippen LogP contribution >= 0.6 is 11.6 Å². The van der Waals surface area contributed by atoms with Crippen molar-refractivity contribution in [1.29, 1.82) is 0 Å². The van der Waals surface area contributed by atoms with Crippen LogP contribution < -0.4 is 10.1 Å². The molecule has 0 amide bonds. The van der Waals surface area contributed by atoms with Gasteiger partial charge in [0.15, 0.2) is 0 Å². The Kier molecular flexibility index (Phi) is 5.95. The topological polar surface area (TPSA) is 30.5 Å². The first-order valence-corrected chi connectivity index (χ1v) is 7.32. The summed E-state index contributed by atoms with van der Waals surface area (Å²) in [6, 6.07) is 5.89. The Morgan fingerprint density at radius 2 is 2.32 bits per heavy atom. The van der Waals surface area contributed by atoms with Crippen molar-refractivity contribution in [2.24, 2.45) is 0 Å². The first-order chi connectivity index (χ1) is 9.29. The normalized spacial score (nSPS) is 19.4. The molecule has 1 aromatic rings. The van der Waals surface area contributed by atoms with Gasteiger partial charge in [0.1, 0.15) is 5.75 Å². The van der Waals surface area contributed by atoms with Crippen LogP contribution in [0.15, 0.2) is 18.2 Å². The summed E-state index contributed by atoms with van der Waals surface area (Å²) in [7, 11) is 1.63. The highest BCUT2D eigenvalue weighted by Crippen LogP contribution is 2.24. The first-order valence-electron chi connectivity index (χ1n) is 6.94. The van der Waals surface area contributed by atoms with Crippen molar-refractivity contribution in [3.63, 3.8) is 0 Å². The zero-order valence-electron chi connectivity index (χ0n) is 11.5. The SMILES string of the molecule is COc1ccc(CNCCC2CCCCO2)cc1Cl. The summed E-state index contributed by atoms with van der Waals surface area (Å²) >= 11 is 6.09. The van der Waals surface area contributed by atoms with E-state index in [-0.39, 0.29) is 0 Å². The zero-order valence-corrected chi connectivity index (χ0v) is 12.2. The van der Waals surface area contributed by atoms with Gasteiger partial charge in [0.25, 0.3) is 0 Å². The molecule has 0 spiro atoms. The number of nitrogens with one attached hydrogen (secondary N) is 1. The van der Waals surface area contributed by atoms with Crippen molar-refractivity contribution in [3.8, 4) is 5.75 Å². The summed E-state index contributed by atoms with van der Waals surface area (Å²) in [5.74, 6) is 0.723. The molecule has 106 valence electrons. The first kappa shape index (κ1) is 14.6. The fourth-order valence-corrected chi connectivity index (χ4v) is 2.63. The van der Waals surface area contributed by atoms with Crippen LogP contribution in [0.4, 0.5) is 0 Å². The van der Waals surface area contributed by atoms with Gasteiger partial charge in [-0.15, -0.1) is 0 Å². The molecule has 1 saturated heterocycles. The minimum absolute atomic E-state index is 0.445. The summed E-state index contributed by atoms with van der Waals surface area (Å²) in [5, 5.41) is 4.10. The molecule has 1 aliphatic rings. The molecule has 0 aliphatic carbocycles. The molecule has 0 saturated carbocycles. The second-order valence-electron chi connectivity index (χ2n) is 4.92. The highest BCUT2D eigenvalue weighted by atomic mass is 35.5. The van der Waals surface area contributed by atoms with E-state index in [1.165, 1.54) is 24.8 Å². The summed E-state index contributed by atoms with van der Waals surface area (Å²) in [4.78, 5) is 0. The van der Waals surface area contributed by atoms with Crippen molar-refractivity contribution < 1.29 is 9.47 Å². The van der Waals surface area contributed by atoms with E-state index in [1.807, 2.05) is 18.2 Å². The minimum atomic E-state index is 0.445. The third-order valence-electron chi connectivity index (χ3n) is 3.46. The molecule has 1 unspecified atom stereocenters. The molecule has 0 aromatic heterocycles. The summed E-state index contributed by atoms with van der Waals surface area (Å²) in [6.07, 6.45) is 5.26. The molecule has 3 nitrogen and oxygen atoms in total. The van der Waals surface area contributed by atoms with Gasteiger partial charge in [-0.1, -0.05) is 17.7 Å². The molecule has 2 rings (SSSR count). The van der Waals surface area contributed by atoms with Crippen LogP contribution in [-0.2, 0) is 11.3 Å². The van der Waals surface area contributed by atoms with E-state index in [0.717, 1.165) is 31.9 Å². The van der Waals surface area contributed by atoms with Crippen LogP contribution in [0, 0.1) is 0 Å². The van der Waals surface area contributed by atoms with Crippen LogP contribution in [0.2, 0.25) is 5.02 Å². The quantitative estimate of drug-likeness (QED) is 0.812. The lowest BCUT2D eigenvalue weighted by atomic mass is 10.1. The predicted molar refractivity (Wildman–Crippen MR) is 77.9 cm³/mol. The molecule has 1 heterocycles. The van der Waals surface area contributed by atoms with E-state index in [0.29, 0.717) is 11.1 Å². The number of halogens is 1. The number of methoxy groups -OCH3 is 1. The van der Waals surface area contributed by atoms with E-state index in [9.17, 15) is 0 Å². The second kappa shape index (κ2) is 7.73. The van der Waals surface area contributed by atoms with Crippen LogP contribution in [-0.4, -0.2) is 26.4 Å². The standard InChI is InChI=1S/C15H22ClNO2/c1-18-15-6-5-12(10-14(15)16)11-17-8-7-13-4-2-3-9-19-13/h5-6,10,13,17H,2-4,7-9,11H2,1H3. The highest BCUT2D eigenvalue weighted by molar-refractivity contribution is 6.32. The van der Waals surface area contributed by atoms with E-state index >= 15 is 0 Å². The van der Waals surface area contributed by atoms with E-state index < -0.39 is 0 Å².